The fourth-order valence-corrected chi connectivity index (χ4v) is 4.34. The Kier molecular flexibility index (Phi) is 9.42. The van der Waals surface area contributed by atoms with Gasteiger partial charge in [0.15, 0.2) is 6.10 Å². The molecule has 0 aromatic heterocycles. The van der Waals surface area contributed by atoms with Crippen LogP contribution in [0.1, 0.15) is 52.4 Å². The predicted octanol–water partition coefficient (Wildman–Crippen LogP) is 3.01. The Hall–Kier alpha value is -1.80. The first-order valence-corrected chi connectivity index (χ1v) is 12.8. The van der Waals surface area contributed by atoms with Gasteiger partial charge < -0.3 is 15.0 Å². The van der Waals surface area contributed by atoms with Crippen molar-refractivity contribution in [2.24, 2.45) is 0 Å². The number of hydrogen-bond acceptors (Lipinski definition) is 5. The second-order valence-electron chi connectivity index (χ2n) is 7.98. The van der Waals surface area contributed by atoms with Gasteiger partial charge in [0.2, 0.25) is 10.0 Å². The molecule has 1 aliphatic rings. The maximum absolute atomic E-state index is 12.5. The van der Waals surface area contributed by atoms with Crippen LogP contribution in [0.25, 0.3) is 0 Å². The molecule has 8 heteroatoms. The summed E-state index contributed by atoms with van der Waals surface area (Å²) < 4.78 is 30.3. The van der Waals surface area contributed by atoms with Crippen molar-refractivity contribution in [1.82, 2.24) is 10.2 Å². The normalized spacial score (nSPS) is 18.6. The molecular weight excluding hydrogens is 402 g/mol. The van der Waals surface area contributed by atoms with Gasteiger partial charge in [-0.2, -0.15) is 0 Å². The molecule has 30 heavy (non-hydrogen) atoms. The quantitative estimate of drug-likeness (QED) is 0.536. The van der Waals surface area contributed by atoms with E-state index in [2.05, 4.69) is 17.1 Å². The van der Waals surface area contributed by atoms with Gasteiger partial charge >= 0.3 is 0 Å². The van der Waals surface area contributed by atoms with E-state index in [9.17, 15) is 13.2 Å². The molecule has 1 fully saturated rings. The molecule has 0 spiro atoms. The molecule has 7 nitrogen and oxygen atoms in total. The Balaban J connectivity index is 1.80. The third kappa shape index (κ3) is 7.16. The van der Waals surface area contributed by atoms with Gasteiger partial charge in [0.1, 0.15) is 5.75 Å². The molecule has 1 heterocycles. The predicted molar refractivity (Wildman–Crippen MR) is 122 cm³/mol. The van der Waals surface area contributed by atoms with Crippen LogP contribution >= 0.6 is 0 Å². The zero-order valence-electron chi connectivity index (χ0n) is 18.8. The summed E-state index contributed by atoms with van der Waals surface area (Å²) in [5.74, 6) is 0.433. The zero-order valence-corrected chi connectivity index (χ0v) is 19.6. The molecule has 0 aliphatic carbocycles. The van der Waals surface area contributed by atoms with E-state index in [-0.39, 0.29) is 5.91 Å². The minimum atomic E-state index is -3.31. The first-order valence-electron chi connectivity index (χ1n) is 11.0. The number of hydrogen-bond donors (Lipinski definition) is 1. The molecule has 1 saturated heterocycles. The molecule has 0 radical (unpaired) electrons. The first kappa shape index (κ1) is 24.5. The lowest BCUT2D eigenvalue weighted by Gasteiger charge is -2.35. The van der Waals surface area contributed by atoms with E-state index in [1.165, 1.54) is 37.0 Å². The van der Waals surface area contributed by atoms with E-state index in [1.54, 1.807) is 24.3 Å². The van der Waals surface area contributed by atoms with Crippen molar-refractivity contribution >= 4 is 21.6 Å². The SMILES string of the molecule is CC[C@H]1CCCCN1CCCNC(=O)[C@H](CC)Oc1ccc(N(C)S(C)(=O)=O)cc1. The number of piperidine rings is 1. The smallest absolute Gasteiger partial charge is 0.261 e. The third-order valence-corrected chi connectivity index (χ3v) is 6.99. The van der Waals surface area contributed by atoms with Gasteiger partial charge in [0.25, 0.3) is 5.91 Å². The minimum Gasteiger partial charge on any atom is -0.481 e. The molecule has 1 N–H and O–H groups in total. The molecule has 1 aliphatic heterocycles. The molecule has 0 bridgehead atoms. The number of rotatable bonds is 11. The summed E-state index contributed by atoms with van der Waals surface area (Å²) >= 11 is 0. The molecule has 2 atom stereocenters. The van der Waals surface area contributed by atoms with Crippen LogP contribution < -0.4 is 14.4 Å². The first-order chi connectivity index (χ1) is 14.3. The Bertz CT molecular complexity index is 767. The third-order valence-electron chi connectivity index (χ3n) is 5.78. The molecule has 0 saturated carbocycles. The number of ether oxygens (including phenoxy) is 1. The lowest BCUT2D eigenvalue weighted by Crippen LogP contribution is -2.42. The Morgan fingerprint density at radius 1 is 1.27 bits per heavy atom. The number of sulfonamides is 1. The monoisotopic (exact) mass is 439 g/mol. The number of amides is 1. The van der Waals surface area contributed by atoms with Crippen LogP contribution in [-0.2, 0) is 14.8 Å². The topological polar surface area (TPSA) is 79.0 Å². The van der Waals surface area contributed by atoms with Crippen molar-refractivity contribution in [2.45, 2.75) is 64.5 Å². The van der Waals surface area contributed by atoms with Gasteiger partial charge in [-0.3, -0.25) is 9.10 Å². The van der Waals surface area contributed by atoms with E-state index >= 15 is 0 Å². The van der Waals surface area contributed by atoms with Crippen LogP contribution in [0.3, 0.4) is 0 Å². The fraction of sp³-hybridized carbons (Fsp3) is 0.682. The van der Waals surface area contributed by atoms with E-state index in [4.69, 9.17) is 4.74 Å². The lowest BCUT2D eigenvalue weighted by atomic mass is 10.00. The van der Waals surface area contributed by atoms with Gasteiger partial charge in [-0.05, 0) is 62.9 Å². The average Bonchev–Trinajstić information content (AvgIpc) is 2.74. The van der Waals surface area contributed by atoms with Crippen molar-refractivity contribution < 1.29 is 17.9 Å². The van der Waals surface area contributed by atoms with Crippen molar-refractivity contribution in [3.8, 4) is 5.75 Å². The number of nitrogens with zero attached hydrogens (tertiary/aromatic N) is 2. The summed E-state index contributed by atoms with van der Waals surface area (Å²) in [6, 6.07) is 7.40. The molecule has 1 amide bonds. The number of benzene rings is 1. The Morgan fingerprint density at radius 2 is 1.97 bits per heavy atom. The summed E-state index contributed by atoms with van der Waals surface area (Å²) in [7, 11) is -1.81. The summed E-state index contributed by atoms with van der Waals surface area (Å²) in [6.45, 7) is 6.99. The summed E-state index contributed by atoms with van der Waals surface area (Å²) in [5.41, 5.74) is 0.547. The van der Waals surface area contributed by atoms with Crippen molar-refractivity contribution in [3.63, 3.8) is 0 Å². The van der Waals surface area contributed by atoms with Crippen LogP contribution in [0.15, 0.2) is 24.3 Å². The summed E-state index contributed by atoms with van der Waals surface area (Å²) in [4.78, 5) is 15.1. The number of nitrogens with one attached hydrogen (secondary N) is 1. The van der Waals surface area contributed by atoms with Crippen LogP contribution in [-0.4, -0.2) is 64.3 Å². The van der Waals surface area contributed by atoms with Crippen molar-refractivity contribution in [3.05, 3.63) is 24.3 Å². The van der Waals surface area contributed by atoms with Crippen molar-refractivity contribution in [1.29, 1.82) is 0 Å². The van der Waals surface area contributed by atoms with Crippen LogP contribution in [0.5, 0.6) is 5.75 Å². The highest BCUT2D eigenvalue weighted by atomic mass is 32.2. The van der Waals surface area contributed by atoms with E-state index in [1.807, 2.05) is 6.92 Å². The van der Waals surface area contributed by atoms with Crippen LogP contribution in [0.4, 0.5) is 5.69 Å². The maximum atomic E-state index is 12.5. The van der Waals surface area contributed by atoms with Gasteiger partial charge in [-0.1, -0.05) is 20.3 Å². The molecule has 0 unspecified atom stereocenters. The average molecular weight is 440 g/mol. The number of carbonyl (C=O) groups excluding carboxylic acids is 1. The van der Waals surface area contributed by atoms with Crippen LogP contribution in [0, 0.1) is 0 Å². The highest BCUT2D eigenvalue weighted by Gasteiger charge is 2.21. The van der Waals surface area contributed by atoms with Crippen LogP contribution in [0.2, 0.25) is 0 Å². The molecular formula is C22H37N3O4S. The van der Waals surface area contributed by atoms with E-state index < -0.39 is 16.1 Å². The second-order valence-corrected chi connectivity index (χ2v) is 9.99. The Morgan fingerprint density at radius 3 is 2.57 bits per heavy atom. The van der Waals surface area contributed by atoms with Crippen molar-refractivity contribution in [2.75, 3.05) is 37.2 Å². The van der Waals surface area contributed by atoms with E-state index in [0.29, 0.717) is 30.4 Å². The molecule has 2 rings (SSSR count). The summed E-state index contributed by atoms with van der Waals surface area (Å²) in [6.07, 6.45) is 7.15. The largest absolute Gasteiger partial charge is 0.481 e. The number of carbonyl (C=O) groups is 1. The molecule has 1 aromatic carbocycles. The molecule has 1 aromatic rings. The zero-order chi connectivity index (χ0) is 22.1. The highest BCUT2D eigenvalue weighted by molar-refractivity contribution is 7.92. The fourth-order valence-electron chi connectivity index (χ4n) is 3.84. The minimum absolute atomic E-state index is 0.111. The van der Waals surface area contributed by atoms with E-state index in [0.717, 1.165) is 25.8 Å². The number of likely N-dealkylation sites (tertiary alicyclic amines) is 1. The highest BCUT2D eigenvalue weighted by Crippen LogP contribution is 2.22. The second kappa shape index (κ2) is 11.6. The standard InChI is InChI=1S/C22H37N3O4S/c1-5-18-10-7-8-16-25(18)17-9-15-23-22(26)21(6-2)29-20-13-11-19(12-14-20)24(3)30(4,27)28/h11-14,18,21H,5-10,15-17H2,1-4H3,(H,23,26)/t18-,21-/m0/s1. The lowest BCUT2D eigenvalue weighted by molar-refractivity contribution is -0.128. The van der Waals surface area contributed by atoms with Gasteiger partial charge in [-0.15, -0.1) is 0 Å². The maximum Gasteiger partial charge on any atom is 0.261 e. The molecule has 170 valence electrons. The number of anilines is 1. The summed E-state index contributed by atoms with van der Waals surface area (Å²) in [5, 5.41) is 3.00. The van der Waals surface area contributed by atoms with Gasteiger partial charge in [-0.25, -0.2) is 8.42 Å². The Labute approximate surface area is 181 Å². The van der Waals surface area contributed by atoms with Gasteiger partial charge in [0, 0.05) is 26.2 Å². The van der Waals surface area contributed by atoms with Gasteiger partial charge in [0.05, 0.1) is 11.9 Å².